The van der Waals surface area contributed by atoms with E-state index in [4.69, 9.17) is 9.97 Å². The number of carboxylic acids is 1. The first-order valence-corrected chi connectivity index (χ1v) is 17.8. The molecule has 10 nitrogen and oxygen atoms in total. The number of likely N-dealkylation sites (tertiary alicyclic amines) is 1. The van der Waals surface area contributed by atoms with Crippen LogP contribution in [0, 0.1) is 17.8 Å². The number of hydrogen-bond acceptors (Lipinski definition) is 8. The van der Waals surface area contributed by atoms with Crippen LogP contribution in [0.4, 0.5) is 5.82 Å². The number of aliphatic hydroxyl groups excluding tert-OH is 1. The summed E-state index contributed by atoms with van der Waals surface area (Å²) in [6.45, 7) is 7.46. The fourth-order valence-corrected chi connectivity index (χ4v) is 8.17. The molecule has 1 saturated carbocycles. The van der Waals surface area contributed by atoms with Gasteiger partial charge in [0.15, 0.2) is 0 Å². The highest BCUT2D eigenvalue weighted by Crippen LogP contribution is 2.37. The number of anilines is 1. The summed E-state index contributed by atoms with van der Waals surface area (Å²) in [5, 5.41) is 32.1. The molecule has 47 heavy (non-hydrogen) atoms. The lowest BCUT2D eigenvalue weighted by atomic mass is 9.78. The number of carboxylic acid groups (broad SMARTS) is 1. The van der Waals surface area contributed by atoms with E-state index in [0.29, 0.717) is 24.4 Å². The first-order chi connectivity index (χ1) is 22.8. The number of rotatable bonds is 12. The zero-order valence-electron chi connectivity index (χ0n) is 28.3. The number of aromatic nitrogens is 4. The minimum absolute atomic E-state index is 0.0177. The van der Waals surface area contributed by atoms with E-state index in [-0.39, 0.29) is 24.0 Å². The molecule has 1 saturated heterocycles. The van der Waals surface area contributed by atoms with Gasteiger partial charge in [-0.3, -0.25) is 9.48 Å². The molecular weight excluding hydrogens is 590 g/mol. The van der Waals surface area contributed by atoms with Gasteiger partial charge in [0.05, 0.1) is 30.8 Å². The summed E-state index contributed by atoms with van der Waals surface area (Å²) in [6.07, 6.45) is 11.9. The van der Waals surface area contributed by atoms with Crippen molar-refractivity contribution in [1.29, 1.82) is 0 Å². The molecule has 1 aromatic carbocycles. The first kappa shape index (κ1) is 33.6. The minimum atomic E-state index is -0.654. The van der Waals surface area contributed by atoms with Crippen LogP contribution in [0.3, 0.4) is 0 Å². The highest BCUT2D eigenvalue weighted by Gasteiger charge is 2.32. The van der Waals surface area contributed by atoms with Gasteiger partial charge in [-0.2, -0.15) is 5.10 Å². The van der Waals surface area contributed by atoms with Gasteiger partial charge in [0.1, 0.15) is 11.6 Å². The Bertz CT molecular complexity index is 1470. The topological polar surface area (TPSA) is 128 Å². The second-order valence-corrected chi connectivity index (χ2v) is 14.3. The highest BCUT2D eigenvalue weighted by molar-refractivity contribution is 5.70. The van der Waals surface area contributed by atoms with Crippen molar-refractivity contribution in [1.82, 2.24) is 30.0 Å². The van der Waals surface area contributed by atoms with Crippen molar-refractivity contribution in [3.63, 3.8) is 0 Å². The Morgan fingerprint density at radius 2 is 1.87 bits per heavy atom. The third-order valence-corrected chi connectivity index (χ3v) is 11.1. The van der Waals surface area contributed by atoms with Gasteiger partial charge in [0, 0.05) is 55.7 Å². The van der Waals surface area contributed by atoms with Gasteiger partial charge < -0.3 is 25.7 Å². The molecule has 5 atom stereocenters. The Morgan fingerprint density at radius 3 is 2.55 bits per heavy atom. The molecule has 1 aliphatic heterocycles. The van der Waals surface area contributed by atoms with Gasteiger partial charge in [-0.1, -0.05) is 44.2 Å². The lowest BCUT2D eigenvalue weighted by molar-refractivity contribution is -0.143. The molecule has 3 aliphatic rings. The molecule has 0 amide bonds. The van der Waals surface area contributed by atoms with E-state index in [2.05, 4.69) is 71.0 Å². The molecule has 254 valence electrons. The average Bonchev–Trinajstić information content (AvgIpc) is 3.53. The molecule has 10 heteroatoms. The molecule has 0 bridgehead atoms. The van der Waals surface area contributed by atoms with E-state index < -0.39 is 5.97 Å². The van der Waals surface area contributed by atoms with E-state index in [1.165, 1.54) is 11.1 Å². The van der Waals surface area contributed by atoms with E-state index in [9.17, 15) is 15.0 Å². The number of aryl methyl sites for hydroxylation is 2. The molecule has 0 radical (unpaired) electrons. The Balaban J connectivity index is 1.26. The largest absolute Gasteiger partial charge is 0.481 e. The van der Waals surface area contributed by atoms with Crippen molar-refractivity contribution < 1.29 is 15.0 Å². The van der Waals surface area contributed by atoms with Gasteiger partial charge in [-0.25, -0.2) is 9.97 Å². The highest BCUT2D eigenvalue weighted by atomic mass is 16.4. The first-order valence-electron chi connectivity index (χ1n) is 17.8. The summed E-state index contributed by atoms with van der Waals surface area (Å²) < 4.78 is 1.86. The molecule has 2 aromatic heterocycles. The summed E-state index contributed by atoms with van der Waals surface area (Å²) in [6, 6.07) is 11.1. The maximum Gasteiger partial charge on any atom is 0.306 e. The van der Waals surface area contributed by atoms with Crippen LogP contribution in [-0.2, 0) is 31.2 Å². The third kappa shape index (κ3) is 8.21. The maximum absolute atomic E-state index is 11.5. The van der Waals surface area contributed by atoms with Crippen LogP contribution in [0.5, 0.6) is 0 Å². The second-order valence-electron chi connectivity index (χ2n) is 14.3. The van der Waals surface area contributed by atoms with Gasteiger partial charge in [0.25, 0.3) is 0 Å². The minimum Gasteiger partial charge on any atom is -0.481 e. The van der Waals surface area contributed by atoms with Crippen molar-refractivity contribution in [2.45, 2.75) is 102 Å². The molecule has 0 unspecified atom stereocenters. The zero-order valence-corrected chi connectivity index (χ0v) is 28.3. The van der Waals surface area contributed by atoms with Crippen LogP contribution in [0.2, 0.25) is 0 Å². The number of aliphatic carboxylic acids is 1. The summed E-state index contributed by atoms with van der Waals surface area (Å²) in [5.41, 5.74) is 4.84. The van der Waals surface area contributed by atoms with Gasteiger partial charge >= 0.3 is 5.97 Å². The lowest BCUT2D eigenvalue weighted by Crippen LogP contribution is -2.44. The molecule has 4 N–H and O–H groups in total. The number of fused-ring (bicyclic) bond motifs is 1. The smallest absolute Gasteiger partial charge is 0.306 e. The van der Waals surface area contributed by atoms with Gasteiger partial charge in [0.2, 0.25) is 0 Å². The molecule has 3 aromatic rings. The van der Waals surface area contributed by atoms with Crippen LogP contribution >= 0.6 is 0 Å². The normalized spacial score (nSPS) is 26.3. The van der Waals surface area contributed by atoms with E-state index in [1.807, 2.05) is 17.9 Å². The van der Waals surface area contributed by atoms with Crippen LogP contribution in [-0.4, -0.2) is 72.6 Å². The number of benzene rings is 1. The van der Waals surface area contributed by atoms with Crippen molar-refractivity contribution in [3.05, 3.63) is 70.9 Å². The van der Waals surface area contributed by atoms with Crippen molar-refractivity contribution in [2.75, 3.05) is 25.0 Å². The van der Waals surface area contributed by atoms with Gasteiger partial charge in [-0.15, -0.1) is 0 Å². The van der Waals surface area contributed by atoms with Crippen LogP contribution in [0.25, 0.3) is 0 Å². The SMILES string of the molecule is CC[C@@H](NCc1nc2c(c(N[C@@H](CN3CC[C@@H](O)[C@H](C)C3)c3cnn(C)c3)n1)C[C@H](c1ccccc1)CC2)C1CCC(C(=O)O)CC1. The fraction of sp³-hybridized carbons (Fsp3) is 0.622. The second kappa shape index (κ2) is 15.3. The quantitative estimate of drug-likeness (QED) is 0.213. The summed E-state index contributed by atoms with van der Waals surface area (Å²) in [4.78, 5) is 24.4. The van der Waals surface area contributed by atoms with E-state index in [1.54, 1.807) is 0 Å². The summed E-state index contributed by atoms with van der Waals surface area (Å²) in [7, 11) is 1.96. The van der Waals surface area contributed by atoms with Crippen molar-refractivity contribution in [3.8, 4) is 0 Å². The number of aliphatic hydroxyl groups is 1. The molecule has 6 rings (SSSR count). The number of carbonyl (C=O) groups is 1. The molecule has 3 heterocycles. The summed E-state index contributed by atoms with van der Waals surface area (Å²) >= 11 is 0. The average molecular weight is 644 g/mol. The standard InChI is InChI=1S/C37H53N7O3/c1-4-31(26-10-12-27(13-11-26)37(46)47)38-20-35-40-32-15-14-28(25-8-6-5-7-9-25)18-30(32)36(42-35)41-33(29-19-39-43(3)22-29)23-44-17-16-34(45)24(2)21-44/h5-9,19,22,24,26-28,31,33-34,38,45H,4,10-18,20-21,23H2,1-3H3,(H,46,47)(H,40,41,42)/t24-,26?,27?,28-,31-,33+,34-/m1/s1. The lowest BCUT2D eigenvalue weighted by Gasteiger charge is -2.37. The number of piperidine rings is 1. The number of hydrogen-bond donors (Lipinski definition) is 4. The monoisotopic (exact) mass is 643 g/mol. The maximum atomic E-state index is 11.5. The van der Waals surface area contributed by atoms with Crippen LogP contribution in [0.15, 0.2) is 42.7 Å². The zero-order chi connectivity index (χ0) is 32.9. The molecule has 0 spiro atoms. The molecule has 2 aliphatic carbocycles. The van der Waals surface area contributed by atoms with Crippen LogP contribution in [0.1, 0.15) is 99.0 Å². The predicted molar refractivity (Wildman–Crippen MR) is 183 cm³/mol. The Morgan fingerprint density at radius 1 is 1.09 bits per heavy atom. The third-order valence-electron chi connectivity index (χ3n) is 11.1. The number of nitrogens with one attached hydrogen (secondary N) is 2. The number of nitrogens with zero attached hydrogens (tertiary/aromatic N) is 5. The Hall–Kier alpha value is -3.34. The predicted octanol–water partition coefficient (Wildman–Crippen LogP) is 5.10. The van der Waals surface area contributed by atoms with Crippen molar-refractivity contribution >= 4 is 11.8 Å². The molecule has 2 fully saturated rings. The molecular formula is C37H53N7O3. The van der Waals surface area contributed by atoms with E-state index in [0.717, 1.165) is 100 Å². The van der Waals surface area contributed by atoms with E-state index >= 15 is 0 Å². The Labute approximate surface area is 279 Å². The fourth-order valence-electron chi connectivity index (χ4n) is 8.17. The Kier molecular flexibility index (Phi) is 10.9. The van der Waals surface area contributed by atoms with Gasteiger partial charge in [-0.05, 0) is 81.1 Å². The van der Waals surface area contributed by atoms with Crippen molar-refractivity contribution in [2.24, 2.45) is 24.8 Å². The summed E-state index contributed by atoms with van der Waals surface area (Å²) in [5.74, 6) is 2.00. The van der Waals surface area contributed by atoms with Crippen LogP contribution < -0.4 is 10.6 Å².